The van der Waals surface area contributed by atoms with Crippen molar-refractivity contribution >= 4 is 24.2 Å². The molecular weight excluding hydrogens is 234 g/mol. The zero-order valence-electron chi connectivity index (χ0n) is 10.1. The summed E-state index contributed by atoms with van der Waals surface area (Å²) in [4.78, 5) is 13.7. The van der Waals surface area contributed by atoms with E-state index in [0.29, 0.717) is 12.3 Å². The van der Waals surface area contributed by atoms with Crippen LogP contribution in [-0.4, -0.2) is 25.3 Å². The molecule has 0 spiro atoms. The van der Waals surface area contributed by atoms with Crippen LogP contribution in [0.25, 0.3) is 0 Å². The Morgan fingerprint density at radius 3 is 2.82 bits per heavy atom. The van der Waals surface area contributed by atoms with Crippen LogP contribution in [0.4, 0.5) is 5.69 Å². The molecule has 4 heteroatoms. The number of rotatable bonds is 3. The number of carbonyl (C=O) groups excluding carboxylic acids is 1. The molecule has 1 heterocycles. The van der Waals surface area contributed by atoms with E-state index < -0.39 is 0 Å². The summed E-state index contributed by atoms with van der Waals surface area (Å²) in [5, 5.41) is 0. The van der Waals surface area contributed by atoms with E-state index in [9.17, 15) is 4.79 Å². The Morgan fingerprint density at radius 1 is 1.53 bits per heavy atom. The monoisotopic (exact) mass is 251 g/mol. The molecule has 1 atom stereocenters. The number of nitrogens with zero attached hydrogens (tertiary/aromatic N) is 1. The number of thiol groups is 1. The maximum atomic E-state index is 11.9. The summed E-state index contributed by atoms with van der Waals surface area (Å²) >= 11 is 4.26. The molecule has 0 radical (unpaired) electrons. The minimum absolute atomic E-state index is 0.189. The summed E-state index contributed by atoms with van der Waals surface area (Å²) < 4.78 is 5.22. The normalized spacial score (nSPS) is 19.8. The first-order valence-corrected chi connectivity index (χ1v) is 6.34. The maximum absolute atomic E-state index is 11.9. The predicted molar refractivity (Wildman–Crippen MR) is 72.0 cm³/mol. The highest BCUT2D eigenvalue weighted by molar-refractivity contribution is 7.80. The van der Waals surface area contributed by atoms with Crippen LogP contribution >= 0.6 is 12.6 Å². The van der Waals surface area contributed by atoms with Crippen molar-refractivity contribution in [2.45, 2.75) is 13.3 Å². The maximum Gasteiger partial charge on any atom is 0.227 e. The van der Waals surface area contributed by atoms with Crippen LogP contribution in [0, 0.1) is 12.8 Å². The zero-order valence-corrected chi connectivity index (χ0v) is 11.0. The number of amides is 1. The highest BCUT2D eigenvalue weighted by Gasteiger charge is 2.29. The van der Waals surface area contributed by atoms with E-state index in [4.69, 9.17) is 4.74 Å². The van der Waals surface area contributed by atoms with Gasteiger partial charge in [-0.3, -0.25) is 4.79 Å². The van der Waals surface area contributed by atoms with Gasteiger partial charge in [0.25, 0.3) is 0 Å². The first-order chi connectivity index (χ1) is 8.15. The molecule has 1 aromatic carbocycles. The SMILES string of the molecule is COc1ccc(N2CC(CS)CC2=O)cc1C. The number of carbonyl (C=O) groups is 1. The van der Waals surface area contributed by atoms with Crippen molar-refractivity contribution in [3.05, 3.63) is 23.8 Å². The van der Waals surface area contributed by atoms with Crippen molar-refractivity contribution in [3.63, 3.8) is 0 Å². The molecule has 1 aromatic rings. The quantitative estimate of drug-likeness (QED) is 0.835. The fourth-order valence-corrected chi connectivity index (χ4v) is 2.43. The summed E-state index contributed by atoms with van der Waals surface area (Å²) in [5.41, 5.74) is 2.00. The van der Waals surface area contributed by atoms with Crippen LogP contribution in [0.5, 0.6) is 5.75 Å². The molecule has 0 aliphatic carbocycles. The lowest BCUT2D eigenvalue weighted by molar-refractivity contribution is -0.117. The average molecular weight is 251 g/mol. The predicted octanol–water partition coefficient (Wildman–Crippen LogP) is 2.29. The van der Waals surface area contributed by atoms with E-state index in [1.54, 1.807) is 7.11 Å². The molecule has 3 nitrogen and oxygen atoms in total. The van der Waals surface area contributed by atoms with Crippen LogP contribution in [-0.2, 0) is 4.79 Å². The van der Waals surface area contributed by atoms with Gasteiger partial charge in [-0.15, -0.1) is 0 Å². The molecule has 0 aromatic heterocycles. The van der Waals surface area contributed by atoms with Gasteiger partial charge in [0.15, 0.2) is 0 Å². The van der Waals surface area contributed by atoms with Crippen molar-refractivity contribution < 1.29 is 9.53 Å². The Hall–Kier alpha value is -1.16. The number of aryl methyl sites for hydroxylation is 1. The average Bonchev–Trinajstić information content (AvgIpc) is 2.70. The summed E-state index contributed by atoms with van der Waals surface area (Å²) in [6, 6.07) is 5.84. The van der Waals surface area contributed by atoms with Gasteiger partial charge in [0, 0.05) is 18.7 Å². The van der Waals surface area contributed by atoms with Crippen LogP contribution < -0.4 is 9.64 Å². The zero-order chi connectivity index (χ0) is 12.4. The molecule has 1 saturated heterocycles. The Kier molecular flexibility index (Phi) is 3.62. The van der Waals surface area contributed by atoms with Gasteiger partial charge in [0.1, 0.15) is 5.75 Å². The number of methoxy groups -OCH3 is 1. The van der Waals surface area contributed by atoms with E-state index in [-0.39, 0.29) is 5.91 Å². The number of ether oxygens (including phenoxy) is 1. The van der Waals surface area contributed by atoms with Gasteiger partial charge in [-0.25, -0.2) is 0 Å². The molecule has 0 saturated carbocycles. The molecule has 0 bridgehead atoms. The second kappa shape index (κ2) is 5.00. The third kappa shape index (κ3) is 2.41. The van der Waals surface area contributed by atoms with Crippen molar-refractivity contribution in [2.75, 3.05) is 24.3 Å². The molecule has 2 rings (SSSR count). The Morgan fingerprint density at radius 2 is 2.29 bits per heavy atom. The first kappa shape index (κ1) is 12.3. The highest BCUT2D eigenvalue weighted by Crippen LogP contribution is 2.29. The molecule has 1 unspecified atom stereocenters. The van der Waals surface area contributed by atoms with Crippen LogP contribution in [0.15, 0.2) is 18.2 Å². The third-order valence-corrected chi connectivity index (χ3v) is 3.67. The Balaban J connectivity index is 2.23. The molecule has 0 N–H and O–H groups in total. The van der Waals surface area contributed by atoms with Gasteiger partial charge in [-0.1, -0.05) is 0 Å². The van der Waals surface area contributed by atoms with E-state index in [1.165, 1.54) is 0 Å². The first-order valence-electron chi connectivity index (χ1n) is 5.71. The number of anilines is 1. The van der Waals surface area contributed by atoms with Gasteiger partial charge in [0.05, 0.1) is 7.11 Å². The number of benzene rings is 1. The topological polar surface area (TPSA) is 29.5 Å². The van der Waals surface area contributed by atoms with Crippen molar-refractivity contribution in [1.82, 2.24) is 0 Å². The Bertz CT molecular complexity index is 433. The van der Waals surface area contributed by atoms with Crippen LogP contribution in [0.1, 0.15) is 12.0 Å². The highest BCUT2D eigenvalue weighted by atomic mass is 32.1. The fourth-order valence-electron chi connectivity index (χ4n) is 2.18. The van der Waals surface area contributed by atoms with Crippen molar-refractivity contribution in [1.29, 1.82) is 0 Å². The molecule has 1 aliphatic rings. The van der Waals surface area contributed by atoms with Crippen LogP contribution in [0.3, 0.4) is 0 Å². The minimum atomic E-state index is 0.189. The third-order valence-electron chi connectivity index (χ3n) is 3.15. The lowest BCUT2D eigenvalue weighted by Crippen LogP contribution is -2.24. The van der Waals surface area contributed by atoms with E-state index in [1.807, 2.05) is 30.0 Å². The van der Waals surface area contributed by atoms with E-state index in [0.717, 1.165) is 29.3 Å². The van der Waals surface area contributed by atoms with Gasteiger partial charge < -0.3 is 9.64 Å². The summed E-state index contributed by atoms with van der Waals surface area (Å²) in [5.74, 6) is 2.17. The molecule has 1 fully saturated rings. The minimum Gasteiger partial charge on any atom is -0.496 e. The summed E-state index contributed by atoms with van der Waals surface area (Å²) in [7, 11) is 1.65. The van der Waals surface area contributed by atoms with Crippen molar-refractivity contribution in [3.8, 4) is 5.75 Å². The van der Waals surface area contributed by atoms with Gasteiger partial charge >= 0.3 is 0 Å². The van der Waals surface area contributed by atoms with Crippen molar-refractivity contribution in [2.24, 2.45) is 5.92 Å². The van der Waals surface area contributed by atoms with E-state index >= 15 is 0 Å². The molecule has 92 valence electrons. The second-order valence-corrected chi connectivity index (χ2v) is 4.78. The largest absolute Gasteiger partial charge is 0.496 e. The number of hydrogen-bond donors (Lipinski definition) is 1. The number of hydrogen-bond acceptors (Lipinski definition) is 3. The molecular formula is C13H17NO2S. The van der Waals surface area contributed by atoms with E-state index in [2.05, 4.69) is 12.6 Å². The fraction of sp³-hybridized carbons (Fsp3) is 0.462. The molecule has 17 heavy (non-hydrogen) atoms. The second-order valence-electron chi connectivity index (χ2n) is 4.41. The van der Waals surface area contributed by atoms with Crippen LogP contribution in [0.2, 0.25) is 0 Å². The van der Waals surface area contributed by atoms with Gasteiger partial charge in [-0.2, -0.15) is 12.6 Å². The Labute approximate surface area is 107 Å². The lowest BCUT2D eigenvalue weighted by atomic mass is 10.1. The molecule has 1 amide bonds. The van der Waals surface area contributed by atoms with Gasteiger partial charge in [0.2, 0.25) is 5.91 Å². The summed E-state index contributed by atoms with van der Waals surface area (Å²) in [6.45, 7) is 2.76. The summed E-state index contributed by atoms with van der Waals surface area (Å²) in [6.07, 6.45) is 0.606. The smallest absolute Gasteiger partial charge is 0.227 e. The van der Waals surface area contributed by atoms with Gasteiger partial charge in [-0.05, 0) is 42.4 Å². The molecule has 1 aliphatic heterocycles. The standard InChI is InChI=1S/C13H17NO2S/c1-9-5-11(3-4-12(9)16-2)14-7-10(8-17)6-13(14)15/h3-5,10,17H,6-8H2,1-2H3. The lowest BCUT2D eigenvalue weighted by Gasteiger charge is -2.18.